The molecule has 0 spiro atoms. The molecule has 0 bridgehead atoms. The summed E-state index contributed by atoms with van der Waals surface area (Å²) in [7, 11) is 0. The Hall–Kier alpha value is -0.360. The van der Waals surface area contributed by atoms with Crippen molar-refractivity contribution in [3.05, 3.63) is 26.6 Å². The Bertz CT molecular complexity index is 436. The van der Waals surface area contributed by atoms with Crippen LogP contribution in [-0.4, -0.2) is 14.4 Å². The molecule has 0 unspecified atom stereocenters. The van der Waals surface area contributed by atoms with Crippen LogP contribution in [-0.2, 0) is 0 Å². The van der Waals surface area contributed by atoms with Crippen LogP contribution in [0.15, 0.2) is 6.20 Å². The zero-order valence-corrected chi connectivity index (χ0v) is 10.1. The average Bonchev–Trinajstić information content (AvgIpc) is 2.36. The van der Waals surface area contributed by atoms with Crippen LogP contribution in [0.2, 0.25) is 5.15 Å². The number of hydrogen-bond acceptors (Lipinski definition) is 2. The molecule has 0 saturated carbocycles. The maximum Gasteiger partial charge on any atom is 0.155 e. The minimum atomic E-state index is 0.510. The van der Waals surface area contributed by atoms with E-state index in [4.69, 9.17) is 11.6 Å². The largest absolute Gasteiger partial charge is 0.296 e. The first kappa shape index (κ1) is 9.21. The smallest absolute Gasteiger partial charge is 0.155 e. The van der Waals surface area contributed by atoms with E-state index >= 15 is 0 Å². The lowest BCUT2D eigenvalue weighted by Crippen LogP contribution is -1.95. The number of hydrogen-bond donors (Lipinski definition) is 0. The fraction of sp³-hybridized carbons (Fsp3) is 0.250. The fourth-order valence-electron chi connectivity index (χ4n) is 1.38. The van der Waals surface area contributed by atoms with Crippen LogP contribution in [0.25, 0.3) is 5.52 Å². The predicted octanol–water partition coefficient (Wildman–Crippen LogP) is 2.60. The quantitative estimate of drug-likeness (QED) is 0.700. The predicted molar refractivity (Wildman–Crippen MR) is 60.2 cm³/mol. The average molecular weight is 308 g/mol. The molecule has 0 aliphatic heterocycles. The van der Waals surface area contributed by atoms with E-state index in [0.717, 1.165) is 20.7 Å². The molecule has 13 heavy (non-hydrogen) atoms. The molecular formula is C8H7ClIN3. The lowest BCUT2D eigenvalue weighted by atomic mass is 10.4. The molecule has 0 aromatic carbocycles. The van der Waals surface area contributed by atoms with Gasteiger partial charge in [-0.25, -0.2) is 9.97 Å². The molecule has 5 heteroatoms. The zero-order chi connectivity index (χ0) is 9.59. The highest BCUT2D eigenvalue weighted by atomic mass is 127. The first-order valence-electron chi connectivity index (χ1n) is 3.77. The van der Waals surface area contributed by atoms with Gasteiger partial charge in [0.2, 0.25) is 0 Å². The third-order valence-electron chi connectivity index (χ3n) is 1.92. The molecule has 0 saturated heterocycles. The summed E-state index contributed by atoms with van der Waals surface area (Å²) in [6.45, 7) is 3.94. The molecule has 0 fully saturated rings. The molecule has 2 aromatic heterocycles. The van der Waals surface area contributed by atoms with Gasteiger partial charge in [-0.05, 0) is 36.4 Å². The summed E-state index contributed by atoms with van der Waals surface area (Å²) in [4.78, 5) is 8.42. The minimum Gasteiger partial charge on any atom is -0.296 e. The highest BCUT2D eigenvalue weighted by molar-refractivity contribution is 14.1. The second-order valence-electron chi connectivity index (χ2n) is 2.82. The Balaban J connectivity index is 3.03. The van der Waals surface area contributed by atoms with Crippen LogP contribution in [0.1, 0.15) is 11.5 Å². The fourth-order valence-corrected chi connectivity index (χ4v) is 2.60. The van der Waals surface area contributed by atoms with Gasteiger partial charge >= 0.3 is 0 Å². The molecule has 0 atom stereocenters. The number of rotatable bonds is 0. The van der Waals surface area contributed by atoms with Gasteiger partial charge < -0.3 is 0 Å². The van der Waals surface area contributed by atoms with Crippen LogP contribution < -0.4 is 0 Å². The van der Waals surface area contributed by atoms with Crippen molar-refractivity contribution in [2.45, 2.75) is 13.8 Å². The molecule has 2 heterocycles. The van der Waals surface area contributed by atoms with Crippen molar-refractivity contribution >= 4 is 39.7 Å². The minimum absolute atomic E-state index is 0.510. The molecule has 0 N–H and O–H groups in total. The molecule has 2 rings (SSSR count). The van der Waals surface area contributed by atoms with E-state index in [2.05, 4.69) is 32.6 Å². The highest BCUT2D eigenvalue weighted by Crippen LogP contribution is 2.22. The Labute approximate surface area is 94.3 Å². The molecule has 0 aliphatic carbocycles. The molecule has 0 amide bonds. The lowest BCUT2D eigenvalue weighted by Gasteiger charge is -2.01. The van der Waals surface area contributed by atoms with Crippen LogP contribution in [0.4, 0.5) is 0 Å². The summed E-state index contributed by atoms with van der Waals surface area (Å²) in [6, 6.07) is 0. The molecule has 3 nitrogen and oxygen atoms in total. The summed E-state index contributed by atoms with van der Waals surface area (Å²) >= 11 is 8.14. The zero-order valence-electron chi connectivity index (χ0n) is 7.17. The normalized spacial score (nSPS) is 11.1. The maximum absolute atomic E-state index is 5.97. The summed E-state index contributed by atoms with van der Waals surface area (Å²) in [5, 5.41) is 0.510. The van der Waals surface area contributed by atoms with Gasteiger partial charge in [-0.15, -0.1) is 0 Å². The summed E-state index contributed by atoms with van der Waals surface area (Å²) in [5.74, 6) is 0.946. The SMILES string of the molecule is Cc1cnc(Cl)c2c(I)nc(C)n12. The second kappa shape index (κ2) is 3.09. The van der Waals surface area contributed by atoms with Gasteiger partial charge in [-0.3, -0.25) is 4.40 Å². The Morgan fingerprint density at radius 3 is 2.77 bits per heavy atom. The summed E-state index contributed by atoms with van der Waals surface area (Å²) < 4.78 is 2.91. The molecule has 0 aliphatic rings. The monoisotopic (exact) mass is 307 g/mol. The molecular weight excluding hydrogens is 300 g/mol. The van der Waals surface area contributed by atoms with Gasteiger partial charge in [0.05, 0.1) is 0 Å². The van der Waals surface area contributed by atoms with Crippen molar-refractivity contribution in [2.24, 2.45) is 0 Å². The Morgan fingerprint density at radius 1 is 1.46 bits per heavy atom. The third kappa shape index (κ3) is 1.32. The van der Waals surface area contributed by atoms with E-state index in [1.165, 1.54) is 0 Å². The number of fused-ring (bicyclic) bond motifs is 1. The third-order valence-corrected chi connectivity index (χ3v) is 2.94. The first-order valence-corrected chi connectivity index (χ1v) is 5.22. The van der Waals surface area contributed by atoms with Crippen molar-refractivity contribution in [3.8, 4) is 0 Å². The van der Waals surface area contributed by atoms with Gasteiger partial charge in [-0.1, -0.05) is 11.6 Å². The first-order chi connectivity index (χ1) is 6.11. The van der Waals surface area contributed by atoms with Crippen molar-refractivity contribution in [3.63, 3.8) is 0 Å². The van der Waals surface area contributed by atoms with E-state index in [1.54, 1.807) is 6.20 Å². The van der Waals surface area contributed by atoms with Crippen LogP contribution in [0.5, 0.6) is 0 Å². The van der Waals surface area contributed by atoms with Crippen molar-refractivity contribution < 1.29 is 0 Å². The molecule has 0 radical (unpaired) electrons. The topological polar surface area (TPSA) is 30.2 Å². The van der Waals surface area contributed by atoms with Gasteiger partial charge in [0, 0.05) is 11.9 Å². The molecule has 2 aromatic rings. The van der Waals surface area contributed by atoms with Crippen molar-refractivity contribution in [1.29, 1.82) is 0 Å². The van der Waals surface area contributed by atoms with Crippen LogP contribution in [0.3, 0.4) is 0 Å². The number of aromatic nitrogens is 3. The number of halogens is 2. The van der Waals surface area contributed by atoms with Gasteiger partial charge in [0.25, 0.3) is 0 Å². The van der Waals surface area contributed by atoms with Crippen molar-refractivity contribution in [1.82, 2.24) is 14.4 Å². The standard InChI is InChI=1S/C8H7ClIN3/c1-4-3-11-7(9)6-8(10)12-5(2)13(4)6/h3H,1-2H3. The van der Waals surface area contributed by atoms with E-state index < -0.39 is 0 Å². The number of aryl methyl sites for hydroxylation is 2. The van der Waals surface area contributed by atoms with E-state index in [-0.39, 0.29) is 0 Å². The Kier molecular flexibility index (Phi) is 2.19. The summed E-state index contributed by atoms with van der Waals surface area (Å²) in [6.07, 6.45) is 1.75. The maximum atomic E-state index is 5.97. The van der Waals surface area contributed by atoms with E-state index in [1.807, 2.05) is 18.2 Å². The molecule has 68 valence electrons. The highest BCUT2D eigenvalue weighted by Gasteiger charge is 2.11. The number of imidazole rings is 1. The second-order valence-corrected chi connectivity index (χ2v) is 4.20. The Morgan fingerprint density at radius 2 is 2.15 bits per heavy atom. The number of nitrogens with zero attached hydrogens (tertiary/aromatic N) is 3. The van der Waals surface area contributed by atoms with Gasteiger partial charge in [0.1, 0.15) is 15.0 Å². The van der Waals surface area contributed by atoms with Crippen LogP contribution >= 0.6 is 34.2 Å². The van der Waals surface area contributed by atoms with E-state index in [9.17, 15) is 0 Å². The van der Waals surface area contributed by atoms with Crippen LogP contribution in [0, 0.1) is 17.5 Å². The van der Waals surface area contributed by atoms with Gasteiger partial charge in [0.15, 0.2) is 5.15 Å². The van der Waals surface area contributed by atoms with Gasteiger partial charge in [-0.2, -0.15) is 0 Å². The van der Waals surface area contributed by atoms with E-state index in [0.29, 0.717) is 5.15 Å². The lowest BCUT2D eigenvalue weighted by molar-refractivity contribution is 0.975. The summed E-state index contributed by atoms with van der Waals surface area (Å²) in [5.41, 5.74) is 1.95. The van der Waals surface area contributed by atoms with Crippen molar-refractivity contribution in [2.75, 3.05) is 0 Å².